The van der Waals surface area contributed by atoms with Crippen LogP contribution in [0.4, 0.5) is 5.69 Å². The molecule has 10 nitrogen and oxygen atoms in total. The summed E-state index contributed by atoms with van der Waals surface area (Å²) in [6.07, 6.45) is 3.99. The molecule has 0 heterocycles. The number of hydrogen-bond donors (Lipinski definition) is 4. The fourth-order valence-corrected chi connectivity index (χ4v) is 4.79. The summed E-state index contributed by atoms with van der Waals surface area (Å²) in [7, 11) is -2.26. The molecule has 4 N–H and O–H groups in total. The molecule has 3 aromatic rings. The van der Waals surface area contributed by atoms with Crippen molar-refractivity contribution in [3.63, 3.8) is 0 Å². The third-order valence-electron chi connectivity index (χ3n) is 7.33. The summed E-state index contributed by atoms with van der Waals surface area (Å²) in [5.41, 5.74) is 2.74. The Bertz CT molecular complexity index is 1510. The van der Waals surface area contributed by atoms with Gasteiger partial charge in [-0.25, -0.2) is 8.42 Å². The highest BCUT2D eigenvalue weighted by Gasteiger charge is 2.24. The monoisotopic (exact) mass is 635 g/mol. The number of anilines is 1. The molecule has 242 valence electrons. The summed E-state index contributed by atoms with van der Waals surface area (Å²) in [5.74, 6) is -0.345. The van der Waals surface area contributed by atoms with Gasteiger partial charge in [0.25, 0.3) is 11.8 Å². The van der Waals surface area contributed by atoms with Gasteiger partial charge in [0.1, 0.15) is 0 Å². The topological polar surface area (TPSA) is 137 Å². The Morgan fingerprint density at radius 1 is 0.844 bits per heavy atom. The van der Waals surface area contributed by atoms with Crippen molar-refractivity contribution in [1.82, 2.24) is 21.3 Å². The molecule has 0 saturated heterocycles. The van der Waals surface area contributed by atoms with E-state index in [1.54, 1.807) is 0 Å². The lowest BCUT2D eigenvalue weighted by Gasteiger charge is -2.19. The van der Waals surface area contributed by atoms with Crippen LogP contribution in [-0.2, 0) is 21.4 Å². The fourth-order valence-electron chi connectivity index (χ4n) is 4.30. The molecule has 1 fully saturated rings. The second-order valence-electron chi connectivity index (χ2n) is 11.2. The van der Waals surface area contributed by atoms with E-state index in [4.69, 9.17) is 0 Å². The summed E-state index contributed by atoms with van der Waals surface area (Å²) in [6.45, 7) is 5.60. The molecular formula is C34H45N5O5S. The van der Waals surface area contributed by atoms with Crippen LogP contribution in [0.1, 0.15) is 58.0 Å². The number of carbonyl (C=O) groups excluding carboxylic acids is 3. The van der Waals surface area contributed by atoms with Gasteiger partial charge in [-0.2, -0.15) is 0 Å². The number of benzene rings is 3. The summed E-state index contributed by atoms with van der Waals surface area (Å²) in [5, 5.41) is 11.7. The first kappa shape index (κ1) is 35.3. The van der Waals surface area contributed by atoms with Crippen LogP contribution in [0.25, 0.3) is 0 Å². The van der Waals surface area contributed by atoms with E-state index in [1.165, 1.54) is 30.8 Å². The van der Waals surface area contributed by atoms with E-state index in [1.807, 2.05) is 55.5 Å². The van der Waals surface area contributed by atoms with Crippen LogP contribution in [0.5, 0.6) is 0 Å². The summed E-state index contributed by atoms with van der Waals surface area (Å²) in [6, 6.07) is 23.6. The van der Waals surface area contributed by atoms with Gasteiger partial charge in [-0.05, 0) is 55.9 Å². The third kappa shape index (κ3) is 12.4. The highest BCUT2D eigenvalue weighted by atomic mass is 32.2. The second-order valence-corrected chi connectivity index (χ2v) is 13.2. The molecule has 1 atom stereocenters. The van der Waals surface area contributed by atoms with Crippen molar-refractivity contribution >= 4 is 33.4 Å². The van der Waals surface area contributed by atoms with Crippen LogP contribution < -0.4 is 25.6 Å². The lowest BCUT2D eigenvalue weighted by atomic mass is 10.1. The van der Waals surface area contributed by atoms with E-state index in [9.17, 15) is 22.8 Å². The van der Waals surface area contributed by atoms with Crippen molar-refractivity contribution in [2.24, 2.45) is 5.92 Å². The molecule has 0 unspecified atom stereocenters. The zero-order valence-corrected chi connectivity index (χ0v) is 27.3. The third-order valence-corrected chi connectivity index (χ3v) is 8.53. The maximum absolute atomic E-state index is 12.9. The molecular weight excluding hydrogens is 590 g/mol. The Kier molecular flexibility index (Phi) is 13.6. The zero-order chi connectivity index (χ0) is 32.8. The molecule has 3 amide bonds. The molecule has 11 heteroatoms. The highest BCUT2D eigenvalue weighted by molar-refractivity contribution is 7.92. The highest BCUT2D eigenvalue weighted by Crippen LogP contribution is 2.27. The van der Waals surface area contributed by atoms with Crippen molar-refractivity contribution < 1.29 is 22.8 Å². The molecule has 4 rings (SSSR count). The first-order valence-electron chi connectivity index (χ1n) is 15.2. The van der Waals surface area contributed by atoms with E-state index < -0.39 is 21.8 Å². The smallest absolute Gasteiger partial charge is 0.251 e. The first-order chi connectivity index (χ1) is 21.5. The molecule has 0 aromatic heterocycles. The minimum Gasteiger partial charge on any atom is -0.354 e. The number of nitrogens with zero attached hydrogens (tertiary/aromatic N) is 1. The van der Waals surface area contributed by atoms with Gasteiger partial charge in [-0.1, -0.05) is 73.2 Å². The largest absolute Gasteiger partial charge is 0.354 e. The lowest BCUT2D eigenvalue weighted by Crippen LogP contribution is -2.46. The first-order valence-corrected chi connectivity index (χ1v) is 17.0. The van der Waals surface area contributed by atoms with E-state index >= 15 is 0 Å². The number of aryl methyl sites for hydroxylation is 1. The number of hydrogen-bond acceptors (Lipinski definition) is 6. The summed E-state index contributed by atoms with van der Waals surface area (Å²) >= 11 is 0. The van der Waals surface area contributed by atoms with Crippen LogP contribution in [0.15, 0.2) is 78.9 Å². The predicted molar refractivity (Wildman–Crippen MR) is 179 cm³/mol. The van der Waals surface area contributed by atoms with Gasteiger partial charge >= 0.3 is 0 Å². The van der Waals surface area contributed by atoms with Crippen LogP contribution in [-0.4, -0.2) is 65.1 Å². The van der Waals surface area contributed by atoms with E-state index in [-0.39, 0.29) is 41.9 Å². The quantitative estimate of drug-likeness (QED) is 0.200. The number of rotatable bonds is 14. The van der Waals surface area contributed by atoms with E-state index in [0.29, 0.717) is 25.4 Å². The minimum atomic E-state index is -3.62. The molecule has 0 spiro atoms. The van der Waals surface area contributed by atoms with Crippen LogP contribution in [0.2, 0.25) is 0 Å². The normalized spacial score (nSPS) is 13.1. The molecule has 1 saturated carbocycles. The molecule has 45 heavy (non-hydrogen) atoms. The maximum Gasteiger partial charge on any atom is 0.251 e. The predicted octanol–water partition coefficient (Wildman–Crippen LogP) is 3.63. The molecule has 3 aromatic carbocycles. The van der Waals surface area contributed by atoms with Gasteiger partial charge in [0, 0.05) is 44.4 Å². The molecule has 0 aliphatic heterocycles. The number of nitrogens with one attached hydrogen (secondary N) is 4. The Morgan fingerprint density at radius 2 is 1.42 bits per heavy atom. The van der Waals surface area contributed by atoms with Crippen molar-refractivity contribution in [3.8, 4) is 0 Å². The van der Waals surface area contributed by atoms with Gasteiger partial charge in [0.2, 0.25) is 15.9 Å². The average molecular weight is 636 g/mol. The van der Waals surface area contributed by atoms with Crippen molar-refractivity contribution in [2.45, 2.75) is 45.7 Å². The van der Waals surface area contributed by atoms with Crippen molar-refractivity contribution in [1.29, 1.82) is 0 Å². The van der Waals surface area contributed by atoms with Gasteiger partial charge in [0.15, 0.2) is 0 Å². The molecule has 1 aliphatic carbocycles. The fraction of sp³-hybridized carbons (Fsp3) is 0.382. The number of amides is 3. The van der Waals surface area contributed by atoms with E-state index in [2.05, 4.69) is 40.3 Å². The molecule has 0 bridgehead atoms. The lowest BCUT2D eigenvalue weighted by molar-refractivity contribution is -0.123. The van der Waals surface area contributed by atoms with E-state index in [0.717, 1.165) is 29.0 Å². The van der Waals surface area contributed by atoms with Gasteiger partial charge < -0.3 is 21.3 Å². The van der Waals surface area contributed by atoms with Gasteiger partial charge in [-0.3, -0.25) is 18.7 Å². The zero-order valence-electron chi connectivity index (χ0n) is 26.5. The number of sulfonamides is 1. The Hall–Kier alpha value is -4.22. The molecule has 1 aliphatic rings. The molecule has 0 radical (unpaired) electrons. The van der Waals surface area contributed by atoms with Crippen LogP contribution >= 0.6 is 0 Å². The minimum absolute atomic E-state index is 0.0478. The maximum atomic E-state index is 12.9. The van der Waals surface area contributed by atoms with Crippen LogP contribution in [0.3, 0.4) is 0 Å². The van der Waals surface area contributed by atoms with Gasteiger partial charge in [0.05, 0.1) is 18.0 Å². The Balaban J connectivity index is 0.000000693. The summed E-state index contributed by atoms with van der Waals surface area (Å²) < 4.78 is 25.3. The average Bonchev–Trinajstić information content (AvgIpc) is 3.87. The summed E-state index contributed by atoms with van der Waals surface area (Å²) in [4.78, 5) is 38.2. The number of carbonyl (C=O) groups is 3. The van der Waals surface area contributed by atoms with Crippen molar-refractivity contribution in [3.05, 3.63) is 101 Å². The van der Waals surface area contributed by atoms with Crippen molar-refractivity contribution in [2.75, 3.05) is 37.2 Å². The van der Waals surface area contributed by atoms with Crippen LogP contribution in [0, 0.1) is 12.8 Å². The standard InChI is InChI=1S/C27H37N5O5S.C7H8/c1-4-24(27(35)31-18-20-10-11-20)28-12-13-29-25(33)21-14-22(16-23(15-21)32(2)38(3,36)37)26(34)30-17-19-8-6-5-7-9-19;1-7-5-3-2-4-6-7/h5-9,14-16,20,24,28H,4,10-13,17-18H2,1-3H3,(H,29,33)(H,30,34)(H,31,35);2-6H,1H3/t24-;/m0./s1. The second kappa shape index (κ2) is 17.3. The Labute approximate surface area is 267 Å². The van der Waals surface area contributed by atoms with Gasteiger partial charge in [-0.15, -0.1) is 0 Å². The Morgan fingerprint density at radius 3 is 1.93 bits per heavy atom. The SMILES string of the molecule is CC[C@H](NCCNC(=O)c1cc(C(=O)NCc2ccccc2)cc(N(C)S(C)(=O)=O)c1)C(=O)NCC1CC1.Cc1ccccc1.